The van der Waals surface area contributed by atoms with Crippen LogP contribution in [0.2, 0.25) is 5.02 Å². The number of nitrogens with one attached hydrogen (secondary N) is 1. The Morgan fingerprint density at radius 3 is 2.73 bits per heavy atom. The number of urea groups is 1. The van der Waals surface area contributed by atoms with Crippen molar-refractivity contribution < 1.29 is 4.79 Å². The van der Waals surface area contributed by atoms with Crippen molar-refractivity contribution in [2.24, 2.45) is 0 Å². The summed E-state index contributed by atoms with van der Waals surface area (Å²) in [6.45, 7) is 2.85. The molecule has 4 heteroatoms. The summed E-state index contributed by atoms with van der Waals surface area (Å²) in [5.74, 6) is 0. The van der Waals surface area contributed by atoms with E-state index in [4.69, 9.17) is 11.6 Å². The van der Waals surface area contributed by atoms with Gasteiger partial charge in [-0.15, -0.1) is 0 Å². The fourth-order valence-corrected chi connectivity index (χ4v) is 3.10. The minimum absolute atomic E-state index is 0.0645. The Morgan fingerprint density at radius 1 is 1.23 bits per heavy atom. The summed E-state index contributed by atoms with van der Waals surface area (Å²) in [4.78, 5) is 14.5. The van der Waals surface area contributed by atoms with Crippen LogP contribution in [0, 0.1) is 6.92 Å². The van der Waals surface area contributed by atoms with E-state index >= 15 is 0 Å². The molecule has 2 aromatic rings. The third-order valence-corrected chi connectivity index (χ3v) is 4.29. The molecule has 1 atom stereocenters. The first kappa shape index (κ1) is 14.9. The molecule has 1 unspecified atom stereocenters. The predicted octanol–water partition coefficient (Wildman–Crippen LogP) is 5.02. The standard InChI is InChI=1S/C18H19ClN2O/c1-13-7-9-14(10-8-13)17-6-3-11-21(17)18(22)20-16-5-2-4-15(19)12-16/h2,4-5,7-10,12,17H,3,6,11H2,1H3,(H,20,22). The van der Waals surface area contributed by atoms with Crippen LogP contribution < -0.4 is 5.32 Å². The molecule has 1 N–H and O–H groups in total. The Balaban J connectivity index is 1.75. The van der Waals surface area contributed by atoms with Gasteiger partial charge in [0.25, 0.3) is 0 Å². The number of rotatable bonds is 2. The number of likely N-dealkylation sites (tertiary alicyclic amines) is 1. The SMILES string of the molecule is Cc1ccc(C2CCCN2C(=O)Nc2cccc(Cl)c2)cc1. The van der Waals surface area contributed by atoms with Crippen LogP contribution in [-0.4, -0.2) is 17.5 Å². The highest BCUT2D eigenvalue weighted by Gasteiger charge is 2.29. The van der Waals surface area contributed by atoms with Gasteiger partial charge in [-0.3, -0.25) is 0 Å². The maximum atomic E-state index is 12.5. The Labute approximate surface area is 135 Å². The van der Waals surface area contributed by atoms with E-state index in [1.807, 2.05) is 17.0 Å². The monoisotopic (exact) mass is 314 g/mol. The molecule has 0 spiro atoms. The fourth-order valence-electron chi connectivity index (χ4n) is 2.91. The van der Waals surface area contributed by atoms with Crippen LogP contribution in [0.15, 0.2) is 48.5 Å². The summed E-state index contributed by atoms with van der Waals surface area (Å²) in [5, 5.41) is 3.56. The van der Waals surface area contributed by atoms with Crippen LogP contribution in [0.25, 0.3) is 0 Å². The lowest BCUT2D eigenvalue weighted by atomic mass is 10.0. The third kappa shape index (κ3) is 3.25. The van der Waals surface area contributed by atoms with Crippen LogP contribution in [0.5, 0.6) is 0 Å². The molecule has 0 saturated carbocycles. The van der Waals surface area contributed by atoms with Gasteiger partial charge in [-0.05, 0) is 43.5 Å². The van der Waals surface area contributed by atoms with Gasteiger partial charge in [-0.1, -0.05) is 47.5 Å². The number of hydrogen-bond acceptors (Lipinski definition) is 1. The van der Waals surface area contributed by atoms with E-state index in [-0.39, 0.29) is 12.1 Å². The zero-order chi connectivity index (χ0) is 15.5. The molecule has 0 radical (unpaired) electrons. The van der Waals surface area contributed by atoms with E-state index in [2.05, 4.69) is 36.5 Å². The normalized spacial score (nSPS) is 17.5. The van der Waals surface area contributed by atoms with Crippen LogP contribution in [0.3, 0.4) is 0 Å². The summed E-state index contributed by atoms with van der Waals surface area (Å²) in [5.41, 5.74) is 3.16. The number of benzene rings is 2. The van der Waals surface area contributed by atoms with Gasteiger partial charge in [-0.25, -0.2) is 4.79 Å². The van der Waals surface area contributed by atoms with Gasteiger partial charge in [-0.2, -0.15) is 0 Å². The average molecular weight is 315 g/mol. The number of aryl methyl sites for hydroxylation is 1. The summed E-state index contributed by atoms with van der Waals surface area (Å²) in [7, 11) is 0. The molecule has 0 bridgehead atoms. The maximum absolute atomic E-state index is 12.5. The third-order valence-electron chi connectivity index (χ3n) is 4.05. The lowest BCUT2D eigenvalue weighted by Gasteiger charge is -2.25. The number of carbonyl (C=O) groups is 1. The lowest BCUT2D eigenvalue weighted by Crippen LogP contribution is -2.34. The van der Waals surface area contributed by atoms with E-state index in [0.29, 0.717) is 5.02 Å². The lowest BCUT2D eigenvalue weighted by molar-refractivity contribution is 0.207. The van der Waals surface area contributed by atoms with Crippen LogP contribution >= 0.6 is 11.6 Å². The fraction of sp³-hybridized carbons (Fsp3) is 0.278. The number of hydrogen-bond donors (Lipinski definition) is 1. The van der Waals surface area contributed by atoms with Gasteiger partial charge in [0.05, 0.1) is 6.04 Å². The highest BCUT2D eigenvalue weighted by atomic mass is 35.5. The second-order valence-electron chi connectivity index (χ2n) is 5.70. The van der Waals surface area contributed by atoms with Crippen molar-refractivity contribution in [3.8, 4) is 0 Å². The van der Waals surface area contributed by atoms with Gasteiger partial charge in [0, 0.05) is 17.3 Å². The molecule has 1 aliphatic heterocycles. The number of anilines is 1. The maximum Gasteiger partial charge on any atom is 0.322 e. The minimum Gasteiger partial charge on any atom is -0.317 e. The molecule has 2 amide bonds. The van der Waals surface area contributed by atoms with Crippen LogP contribution in [0.1, 0.15) is 30.0 Å². The summed E-state index contributed by atoms with van der Waals surface area (Å²) in [6, 6.07) is 15.8. The van der Waals surface area contributed by atoms with E-state index in [0.717, 1.165) is 25.1 Å². The number of nitrogens with zero attached hydrogens (tertiary/aromatic N) is 1. The van der Waals surface area contributed by atoms with E-state index in [9.17, 15) is 4.79 Å². The van der Waals surface area contributed by atoms with Crippen molar-refractivity contribution >= 4 is 23.3 Å². The Hall–Kier alpha value is -2.00. The first-order valence-corrected chi connectivity index (χ1v) is 7.91. The molecule has 22 heavy (non-hydrogen) atoms. The van der Waals surface area contributed by atoms with Crippen LogP contribution in [-0.2, 0) is 0 Å². The smallest absolute Gasteiger partial charge is 0.317 e. The highest BCUT2D eigenvalue weighted by Crippen LogP contribution is 2.32. The summed E-state index contributed by atoms with van der Waals surface area (Å²) >= 11 is 5.96. The van der Waals surface area contributed by atoms with Crippen molar-refractivity contribution in [1.82, 2.24) is 4.90 Å². The van der Waals surface area contributed by atoms with E-state index in [1.54, 1.807) is 12.1 Å². The number of carbonyl (C=O) groups excluding carboxylic acids is 1. The zero-order valence-electron chi connectivity index (χ0n) is 12.6. The van der Waals surface area contributed by atoms with Gasteiger partial charge in [0.1, 0.15) is 0 Å². The molecular weight excluding hydrogens is 296 g/mol. The van der Waals surface area contributed by atoms with Crippen LogP contribution in [0.4, 0.5) is 10.5 Å². The Morgan fingerprint density at radius 2 is 2.00 bits per heavy atom. The molecule has 114 valence electrons. The predicted molar refractivity (Wildman–Crippen MR) is 90.3 cm³/mol. The van der Waals surface area contributed by atoms with E-state index < -0.39 is 0 Å². The molecule has 1 fully saturated rings. The highest BCUT2D eigenvalue weighted by molar-refractivity contribution is 6.30. The first-order chi connectivity index (χ1) is 10.6. The molecule has 0 aromatic heterocycles. The molecule has 0 aliphatic carbocycles. The quantitative estimate of drug-likeness (QED) is 0.829. The Kier molecular flexibility index (Phi) is 4.34. The van der Waals surface area contributed by atoms with Gasteiger partial charge in [0.2, 0.25) is 0 Å². The van der Waals surface area contributed by atoms with Crippen molar-refractivity contribution in [2.75, 3.05) is 11.9 Å². The van der Waals surface area contributed by atoms with E-state index in [1.165, 1.54) is 11.1 Å². The van der Waals surface area contributed by atoms with Gasteiger partial charge in [0.15, 0.2) is 0 Å². The molecule has 1 heterocycles. The van der Waals surface area contributed by atoms with Gasteiger partial charge >= 0.3 is 6.03 Å². The van der Waals surface area contributed by atoms with Crippen molar-refractivity contribution in [2.45, 2.75) is 25.8 Å². The second kappa shape index (κ2) is 6.41. The second-order valence-corrected chi connectivity index (χ2v) is 6.14. The van der Waals surface area contributed by atoms with Crippen molar-refractivity contribution in [3.63, 3.8) is 0 Å². The molecule has 1 saturated heterocycles. The Bertz CT molecular complexity index is 669. The van der Waals surface area contributed by atoms with Gasteiger partial charge < -0.3 is 10.2 Å². The molecule has 2 aromatic carbocycles. The molecule has 1 aliphatic rings. The summed E-state index contributed by atoms with van der Waals surface area (Å²) < 4.78 is 0. The largest absolute Gasteiger partial charge is 0.322 e. The summed E-state index contributed by atoms with van der Waals surface area (Å²) in [6.07, 6.45) is 2.04. The zero-order valence-corrected chi connectivity index (χ0v) is 13.3. The number of amides is 2. The topological polar surface area (TPSA) is 32.3 Å². The minimum atomic E-state index is -0.0645. The average Bonchev–Trinajstić information content (AvgIpc) is 2.97. The molecular formula is C18H19ClN2O. The molecule has 3 nitrogen and oxygen atoms in total. The van der Waals surface area contributed by atoms with Crippen molar-refractivity contribution in [3.05, 3.63) is 64.7 Å². The van der Waals surface area contributed by atoms with Crippen molar-refractivity contribution in [1.29, 1.82) is 0 Å². The molecule has 3 rings (SSSR count). The number of halogens is 1. The first-order valence-electron chi connectivity index (χ1n) is 7.53.